The maximum atomic E-state index is 13.9. The Labute approximate surface area is 227 Å². The van der Waals surface area contributed by atoms with Crippen molar-refractivity contribution in [1.82, 2.24) is 10.2 Å². The summed E-state index contributed by atoms with van der Waals surface area (Å²) in [6.07, 6.45) is 2.07. The predicted molar refractivity (Wildman–Crippen MR) is 159 cm³/mol. The van der Waals surface area contributed by atoms with Crippen LogP contribution in [0.15, 0.2) is 66.7 Å². The van der Waals surface area contributed by atoms with Gasteiger partial charge in [0.15, 0.2) is 5.78 Å². The van der Waals surface area contributed by atoms with Gasteiger partial charge in [-0.3, -0.25) is 4.79 Å². The second-order valence-electron chi connectivity index (χ2n) is 10.2. The van der Waals surface area contributed by atoms with Crippen molar-refractivity contribution in [2.24, 2.45) is 0 Å². The van der Waals surface area contributed by atoms with Crippen molar-refractivity contribution < 1.29 is 9.53 Å². The highest BCUT2D eigenvalue weighted by Crippen LogP contribution is 2.35. The molecule has 6 nitrogen and oxygen atoms in total. The Hall–Kier alpha value is -3.35. The summed E-state index contributed by atoms with van der Waals surface area (Å²) in [5.41, 5.74) is 5.79. The zero-order chi connectivity index (χ0) is 26.9. The van der Waals surface area contributed by atoms with Gasteiger partial charge >= 0.3 is 0 Å². The minimum Gasteiger partial charge on any atom is -0.493 e. The molecule has 0 spiro atoms. The average molecular weight is 515 g/mol. The number of carbonyl (C=O) groups is 1. The summed E-state index contributed by atoms with van der Waals surface area (Å²) in [7, 11) is 2.15. The van der Waals surface area contributed by atoms with Crippen LogP contribution in [0.5, 0.6) is 5.75 Å². The van der Waals surface area contributed by atoms with E-state index in [0.717, 1.165) is 66.3 Å². The normalized spacial score (nSPS) is 16.9. The second kappa shape index (κ2) is 13.4. The van der Waals surface area contributed by atoms with Gasteiger partial charge < -0.3 is 25.6 Å². The third kappa shape index (κ3) is 6.94. The van der Waals surface area contributed by atoms with Crippen LogP contribution in [0.4, 0.5) is 11.4 Å². The van der Waals surface area contributed by atoms with Crippen LogP contribution < -0.4 is 20.7 Å². The van der Waals surface area contributed by atoms with Gasteiger partial charge in [-0.25, -0.2) is 0 Å². The number of ketones is 1. The zero-order valence-corrected chi connectivity index (χ0v) is 23.2. The molecule has 3 aromatic carbocycles. The smallest absolute Gasteiger partial charge is 0.184 e. The largest absolute Gasteiger partial charge is 0.493 e. The lowest BCUT2D eigenvalue weighted by atomic mass is 9.94. The highest BCUT2D eigenvalue weighted by Gasteiger charge is 2.28. The molecule has 1 unspecified atom stereocenters. The number of anilines is 2. The van der Waals surface area contributed by atoms with Gasteiger partial charge in [0.25, 0.3) is 0 Å². The zero-order valence-electron chi connectivity index (χ0n) is 23.2. The second-order valence-corrected chi connectivity index (χ2v) is 10.2. The summed E-state index contributed by atoms with van der Waals surface area (Å²) in [4.78, 5) is 16.2. The molecule has 1 heterocycles. The van der Waals surface area contributed by atoms with Crippen molar-refractivity contribution in [3.8, 4) is 16.9 Å². The van der Waals surface area contributed by atoms with Crippen molar-refractivity contribution in [2.45, 2.75) is 45.7 Å². The molecule has 0 saturated heterocycles. The van der Waals surface area contributed by atoms with E-state index in [9.17, 15) is 4.79 Å². The summed E-state index contributed by atoms with van der Waals surface area (Å²) >= 11 is 0. The van der Waals surface area contributed by atoms with E-state index in [1.54, 1.807) is 0 Å². The van der Waals surface area contributed by atoms with Crippen LogP contribution >= 0.6 is 0 Å². The van der Waals surface area contributed by atoms with Gasteiger partial charge in [0.05, 0.1) is 12.6 Å². The van der Waals surface area contributed by atoms with Crippen LogP contribution in [-0.4, -0.2) is 56.6 Å². The maximum absolute atomic E-state index is 13.9. The lowest BCUT2D eigenvalue weighted by molar-refractivity contribution is 0.0943. The number of fused-ring (bicyclic) bond motifs is 1. The van der Waals surface area contributed by atoms with Crippen molar-refractivity contribution in [3.05, 3.63) is 77.9 Å². The highest BCUT2D eigenvalue weighted by atomic mass is 16.5. The molecule has 6 heteroatoms. The molecular weight excluding hydrogens is 472 g/mol. The number of hydrogen-bond acceptors (Lipinski definition) is 6. The van der Waals surface area contributed by atoms with Gasteiger partial charge in [0.1, 0.15) is 5.75 Å². The fourth-order valence-electron chi connectivity index (χ4n) is 5.02. The maximum Gasteiger partial charge on any atom is 0.184 e. The molecule has 4 rings (SSSR count). The number of benzene rings is 3. The molecule has 202 valence electrons. The number of rotatable bonds is 12. The van der Waals surface area contributed by atoms with Crippen LogP contribution in [0.25, 0.3) is 11.1 Å². The van der Waals surface area contributed by atoms with E-state index in [1.807, 2.05) is 42.5 Å². The quantitative estimate of drug-likeness (QED) is 0.197. The Morgan fingerprint density at radius 2 is 1.84 bits per heavy atom. The third-order valence-corrected chi connectivity index (χ3v) is 6.95. The number of carbonyl (C=O) groups excluding carboxylic acids is 1. The van der Waals surface area contributed by atoms with Crippen molar-refractivity contribution in [3.63, 3.8) is 0 Å². The number of ether oxygens (including phenoxy) is 1. The van der Waals surface area contributed by atoms with Gasteiger partial charge in [-0.15, -0.1) is 0 Å². The predicted octanol–water partition coefficient (Wildman–Crippen LogP) is 6.22. The molecule has 3 N–H and O–H groups in total. The molecule has 1 aliphatic rings. The first-order chi connectivity index (χ1) is 18.5. The molecule has 0 amide bonds. The van der Waals surface area contributed by atoms with Crippen LogP contribution in [0.2, 0.25) is 0 Å². The van der Waals surface area contributed by atoms with Gasteiger partial charge in [-0.05, 0) is 76.2 Å². The van der Waals surface area contributed by atoms with E-state index in [-0.39, 0.29) is 11.8 Å². The Balaban J connectivity index is 1.61. The molecule has 0 fully saturated rings. The standard InChI is InChI=1S/C32H42N4O2/c1-5-18-36(4)19-9-20-38-30-21-25(14-17-27(30)24-12-15-26(16-13-24)33-6-2)32(37)31-28-10-7-8-11-29(28)35-23(3)22-34-31/h7-8,10-17,21,23,31,33-35H,5-6,9,18-20,22H2,1-4H3/t23-,31?/m0/s1. The van der Waals surface area contributed by atoms with E-state index < -0.39 is 6.04 Å². The molecule has 1 aliphatic heterocycles. The van der Waals surface area contributed by atoms with E-state index in [1.165, 1.54) is 0 Å². The van der Waals surface area contributed by atoms with E-state index in [2.05, 4.69) is 72.9 Å². The molecule has 3 aromatic rings. The minimum absolute atomic E-state index is 0.0509. The number of Topliss-reactive ketones (excluding diaryl/α,β-unsaturated/α-hetero) is 1. The number of para-hydroxylation sites is 1. The fourth-order valence-corrected chi connectivity index (χ4v) is 5.02. The van der Waals surface area contributed by atoms with Crippen LogP contribution in [0, 0.1) is 0 Å². The molecule has 0 bridgehead atoms. The highest BCUT2D eigenvalue weighted by molar-refractivity contribution is 6.02. The Morgan fingerprint density at radius 3 is 2.61 bits per heavy atom. The molecule has 38 heavy (non-hydrogen) atoms. The van der Waals surface area contributed by atoms with Gasteiger partial charge in [0.2, 0.25) is 0 Å². The van der Waals surface area contributed by atoms with Crippen molar-refractivity contribution in [1.29, 1.82) is 0 Å². The summed E-state index contributed by atoms with van der Waals surface area (Å²) in [6, 6.07) is 22.1. The van der Waals surface area contributed by atoms with E-state index >= 15 is 0 Å². The number of nitrogens with zero attached hydrogens (tertiary/aromatic N) is 1. The van der Waals surface area contributed by atoms with Crippen LogP contribution in [-0.2, 0) is 0 Å². The first-order valence-electron chi connectivity index (χ1n) is 13.9. The molecule has 0 aromatic heterocycles. The molecule has 0 aliphatic carbocycles. The molecule has 2 atom stereocenters. The van der Waals surface area contributed by atoms with Crippen molar-refractivity contribution in [2.75, 3.05) is 50.5 Å². The van der Waals surface area contributed by atoms with Gasteiger partial charge in [-0.2, -0.15) is 0 Å². The first-order valence-corrected chi connectivity index (χ1v) is 13.9. The summed E-state index contributed by atoms with van der Waals surface area (Å²) < 4.78 is 6.36. The SMILES string of the molecule is CCCN(C)CCCOc1cc(C(=O)C2NC[C@H](C)Nc3ccccc32)ccc1-c1ccc(NCC)cc1. The summed E-state index contributed by atoms with van der Waals surface area (Å²) in [5, 5.41) is 10.3. The van der Waals surface area contributed by atoms with E-state index in [0.29, 0.717) is 18.7 Å². The van der Waals surface area contributed by atoms with E-state index in [4.69, 9.17) is 4.74 Å². The van der Waals surface area contributed by atoms with Gasteiger partial charge in [-0.1, -0.05) is 43.3 Å². The molecule has 0 saturated carbocycles. The number of hydrogen-bond donors (Lipinski definition) is 3. The molecular formula is C32H42N4O2. The monoisotopic (exact) mass is 514 g/mol. The minimum atomic E-state index is -0.413. The third-order valence-electron chi connectivity index (χ3n) is 6.95. The summed E-state index contributed by atoms with van der Waals surface area (Å²) in [5.74, 6) is 0.800. The van der Waals surface area contributed by atoms with Crippen LogP contribution in [0.3, 0.4) is 0 Å². The fraction of sp³-hybridized carbons (Fsp3) is 0.406. The molecule has 0 radical (unpaired) electrons. The Morgan fingerprint density at radius 1 is 1.05 bits per heavy atom. The average Bonchev–Trinajstić information content (AvgIpc) is 3.09. The van der Waals surface area contributed by atoms with Crippen molar-refractivity contribution >= 4 is 17.2 Å². The number of nitrogens with one attached hydrogen (secondary N) is 3. The lowest BCUT2D eigenvalue weighted by Crippen LogP contribution is -2.33. The lowest BCUT2D eigenvalue weighted by Gasteiger charge is -2.19. The van der Waals surface area contributed by atoms with Gasteiger partial charge in [0, 0.05) is 53.7 Å². The summed E-state index contributed by atoms with van der Waals surface area (Å²) in [6.45, 7) is 10.6. The van der Waals surface area contributed by atoms with Crippen LogP contribution in [0.1, 0.15) is 55.6 Å². The topological polar surface area (TPSA) is 65.6 Å². The Bertz CT molecular complexity index is 1190. The Kier molecular flexibility index (Phi) is 9.79. The first kappa shape index (κ1) is 27.7.